The summed E-state index contributed by atoms with van der Waals surface area (Å²) in [7, 11) is -2.52. The minimum atomic E-state index is -1.95. The van der Waals surface area contributed by atoms with Gasteiger partial charge in [0.25, 0.3) is 0 Å². The van der Waals surface area contributed by atoms with E-state index in [1.54, 1.807) is 0 Å². The second-order valence-corrected chi connectivity index (χ2v) is 15.8. The largest absolute Gasteiger partial charge is 0.490 e. The Morgan fingerprint density at radius 3 is 1.55 bits per heavy atom. The molecular formula is C22H29BBr2O3Si. The Morgan fingerprint density at radius 2 is 1.17 bits per heavy atom. The van der Waals surface area contributed by atoms with Crippen molar-refractivity contribution >= 4 is 47.3 Å². The third-order valence-corrected chi connectivity index (χ3v) is 7.58. The van der Waals surface area contributed by atoms with Crippen molar-refractivity contribution in [2.24, 2.45) is 0 Å². The van der Waals surface area contributed by atoms with Gasteiger partial charge < -0.3 is 13.7 Å². The second kappa shape index (κ2) is 7.92. The van der Waals surface area contributed by atoms with E-state index in [1.165, 1.54) is 0 Å². The van der Waals surface area contributed by atoms with Crippen molar-refractivity contribution < 1.29 is 13.7 Å². The van der Waals surface area contributed by atoms with Crippen LogP contribution in [0.25, 0.3) is 0 Å². The monoisotopic (exact) mass is 538 g/mol. The highest BCUT2D eigenvalue weighted by molar-refractivity contribution is 9.10. The minimum Gasteiger partial charge on any atom is -0.451 e. The van der Waals surface area contributed by atoms with Gasteiger partial charge in [-0.2, -0.15) is 0 Å². The lowest BCUT2D eigenvalue weighted by Crippen LogP contribution is -2.69. The van der Waals surface area contributed by atoms with Crippen LogP contribution < -0.4 is 0 Å². The summed E-state index contributed by atoms with van der Waals surface area (Å²) in [6, 6.07) is 16.5. The summed E-state index contributed by atoms with van der Waals surface area (Å²) < 4.78 is 22.4. The fourth-order valence-corrected chi connectivity index (χ4v) is 4.83. The van der Waals surface area contributed by atoms with Crippen LogP contribution in [0.1, 0.15) is 38.8 Å². The van der Waals surface area contributed by atoms with Crippen LogP contribution in [0.3, 0.4) is 0 Å². The number of ether oxygens (including phenoxy) is 1. The predicted molar refractivity (Wildman–Crippen MR) is 130 cm³/mol. The standard InChI is InChI=1S/C22H29BBr2O3Si/c1-20(2)21(3,4)27-23(28-29(5,6)7)22(26-20,16-8-12-18(24)13-9-16)17-10-14-19(25)15-11-17/h8-15H,1-7H3. The van der Waals surface area contributed by atoms with Crippen LogP contribution in [0, 0.1) is 0 Å². The maximum absolute atomic E-state index is 7.03. The molecular weight excluding hydrogens is 511 g/mol. The summed E-state index contributed by atoms with van der Waals surface area (Å²) in [4.78, 5) is 0. The van der Waals surface area contributed by atoms with Crippen LogP contribution in [-0.4, -0.2) is 26.6 Å². The van der Waals surface area contributed by atoms with Gasteiger partial charge in [-0.3, -0.25) is 0 Å². The molecule has 0 unspecified atom stereocenters. The molecule has 0 spiro atoms. The van der Waals surface area contributed by atoms with Gasteiger partial charge in [0, 0.05) is 8.95 Å². The smallest absolute Gasteiger partial charge is 0.451 e. The van der Waals surface area contributed by atoms with Crippen molar-refractivity contribution in [2.75, 3.05) is 0 Å². The van der Waals surface area contributed by atoms with E-state index in [2.05, 4.69) is 103 Å². The first-order chi connectivity index (χ1) is 13.3. The first-order valence-electron chi connectivity index (χ1n) is 9.85. The first kappa shape index (κ1) is 23.2. The van der Waals surface area contributed by atoms with Crippen LogP contribution in [0.2, 0.25) is 19.6 Å². The van der Waals surface area contributed by atoms with E-state index in [0.29, 0.717) is 0 Å². The van der Waals surface area contributed by atoms with Gasteiger partial charge in [-0.15, -0.1) is 0 Å². The number of hydrogen-bond donors (Lipinski definition) is 0. The number of benzene rings is 2. The van der Waals surface area contributed by atoms with Gasteiger partial charge in [-0.1, -0.05) is 56.1 Å². The highest BCUT2D eigenvalue weighted by atomic mass is 79.9. The Hall–Kier alpha value is -0.438. The van der Waals surface area contributed by atoms with E-state index in [0.717, 1.165) is 20.1 Å². The van der Waals surface area contributed by atoms with Gasteiger partial charge in [-0.25, -0.2) is 0 Å². The van der Waals surface area contributed by atoms with Crippen molar-refractivity contribution in [1.29, 1.82) is 0 Å². The molecule has 0 aliphatic carbocycles. The lowest BCUT2D eigenvalue weighted by molar-refractivity contribution is -0.220. The molecule has 2 aromatic carbocycles. The van der Waals surface area contributed by atoms with Crippen LogP contribution >= 0.6 is 31.9 Å². The molecule has 3 rings (SSSR count). The first-order valence-corrected chi connectivity index (χ1v) is 14.8. The summed E-state index contributed by atoms with van der Waals surface area (Å²) in [5.74, 6) is 0. The van der Waals surface area contributed by atoms with Crippen LogP contribution in [0.15, 0.2) is 57.5 Å². The molecule has 2 aromatic rings. The SMILES string of the molecule is CC1(C)OB(O[Si](C)(C)C)C(c2ccc(Br)cc2)(c2ccc(Br)cc2)OC1(C)C. The highest BCUT2D eigenvalue weighted by Gasteiger charge is 2.63. The van der Waals surface area contributed by atoms with Crippen LogP contribution in [-0.2, 0) is 19.2 Å². The summed E-state index contributed by atoms with van der Waals surface area (Å²) >= 11 is 7.11. The molecule has 0 aromatic heterocycles. The molecule has 1 aliphatic rings. The minimum absolute atomic E-state index is 0.522. The highest BCUT2D eigenvalue weighted by Crippen LogP contribution is 2.50. The van der Waals surface area contributed by atoms with Gasteiger partial charge in [0.05, 0.1) is 11.2 Å². The molecule has 1 heterocycles. The zero-order valence-corrected chi connectivity index (χ0v) is 22.3. The molecule has 1 aliphatic heterocycles. The fourth-order valence-electron chi connectivity index (χ4n) is 3.45. The van der Waals surface area contributed by atoms with E-state index in [1.807, 2.05) is 24.3 Å². The Labute approximate surface area is 193 Å². The van der Waals surface area contributed by atoms with E-state index >= 15 is 0 Å². The normalized spacial score (nSPS) is 20.5. The molecule has 0 N–H and O–H groups in total. The number of halogens is 2. The zero-order valence-electron chi connectivity index (χ0n) is 18.2. The van der Waals surface area contributed by atoms with Crippen molar-refractivity contribution in [3.05, 3.63) is 68.6 Å². The van der Waals surface area contributed by atoms with Gasteiger partial charge in [-0.05, 0) is 82.7 Å². The fraction of sp³-hybridized carbons (Fsp3) is 0.455. The summed E-state index contributed by atoms with van der Waals surface area (Å²) in [5.41, 5.74) is 0.0586. The maximum Gasteiger partial charge on any atom is 0.490 e. The van der Waals surface area contributed by atoms with Gasteiger partial charge in [0.2, 0.25) is 0 Å². The molecule has 3 nitrogen and oxygen atoms in total. The van der Waals surface area contributed by atoms with Gasteiger partial charge in [0.15, 0.2) is 13.8 Å². The van der Waals surface area contributed by atoms with Crippen molar-refractivity contribution in [1.82, 2.24) is 0 Å². The third-order valence-electron chi connectivity index (χ3n) is 5.61. The molecule has 0 atom stereocenters. The topological polar surface area (TPSA) is 27.7 Å². The van der Waals surface area contributed by atoms with Crippen LogP contribution in [0.4, 0.5) is 0 Å². The average Bonchev–Trinajstić information content (AvgIpc) is 2.58. The Morgan fingerprint density at radius 1 is 0.759 bits per heavy atom. The average molecular weight is 540 g/mol. The van der Waals surface area contributed by atoms with E-state index < -0.39 is 32.1 Å². The molecule has 7 heteroatoms. The van der Waals surface area contributed by atoms with Crippen LogP contribution in [0.5, 0.6) is 0 Å². The number of rotatable bonds is 4. The zero-order chi connectivity index (χ0) is 21.7. The summed E-state index contributed by atoms with van der Waals surface area (Å²) in [6.45, 7) is 14.8. The Bertz CT molecular complexity index is 816. The predicted octanol–water partition coefficient (Wildman–Crippen LogP) is 6.94. The third kappa shape index (κ3) is 4.60. The molecule has 0 radical (unpaired) electrons. The van der Waals surface area contributed by atoms with E-state index in [9.17, 15) is 0 Å². The summed E-state index contributed by atoms with van der Waals surface area (Å²) in [6.07, 6.45) is 0. The molecule has 156 valence electrons. The molecule has 0 amide bonds. The second-order valence-electron chi connectivity index (χ2n) is 9.55. The molecule has 0 bridgehead atoms. The lowest BCUT2D eigenvalue weighted by Gasteiger charge is -2.56. The Kier molecular flexibility index (Phi) is 6.34. The molecule has 1 saturated heterocycles. The van der Waals surface area contributed by atoms with E-state index in [-0.39, 0.29) is 0 Å². The lowest BCUT2D eigenvalue weighted by atomic mass is 9.57. The summed E-state index contributed by atoms with van der Waals surface area (Å²) in [5, 5.41) is 0. The molecule has 29 heavy (non-hydrogen) atoms. The quantitative estimate of drug-likeness (QED) is 0.394. The Balaban J connectivity index is 2.29. The van der Waals surface area contributed by atoms with Crippen molar-refractivity contribution in [2.45, 2.75) is 64.0 Å². The van der Waals surface area contributed by atoms with Gasteiger partial charge >= 0.3 is 7.12 Å². The maximum atomic E-state index is 7.03. The molecule has 0 saturated carbocycles. The molecule has 1 fully saturated rings. The van der Waals surface area contributed by atoms with Crippen molar-refractivity contribution in [3.63, 3.8) is 0 Å². The van der Waals surface area contributed by atoms with E-state index in [4.69, 9.17) is 13.7 Å². The number of hydrogen-bond acceptors (Lipinski definition) is 3. The van der Waals surface area contributed by atoms with Gasteiger partial charge in [0.1, 0.15) is 0 Å². The van der Waals surface area contributed by atoms with Crippen molar-refractivity contribution in [3.8, 4) is 0 Å².